The smallest absolute Gasteiger partial charge is 0.272 e. The molecule has 1 aliphatic carbocycles. The maximum absolute atomic E-state index is 14.4. The molecule has 0 bridgehead atoms. The summed E-state index contributed by atoms with van der Waals surface area (Å²) in [7, 11) is 0. The molecule has 0 saturated carbocycles. The maximum atomic E-state index is 14.4. The van der Waals surface area contributed by atoms with Gasteiger partial charge in [-0.2, -0.15) is 5.10 Å². The largest absolute Gasteiger partial charge is 0.347 e. The summed E-state index contributed by atoms with van der Waals surface area (Å²) in [5.41, 5.74) is 9.34. The molecule has 1 amide bonds. The summed E-state index contributed by atoms with van der Waals surface area (Å²) in [5.74, 6) is -0.530. The lowest BCUT2D eigenvalue weighted by molar-refractivity contribution is 0.0929. The molecule has 26 heavy (non-hydrogen) atoms. The van der Waals surface area contributed by atoms with Crippen LogP contribution >= 0.6 is 0 Å². The Kier molecular flexibility index (Phi) is 5.71. The third-order valence-corrected chi connectivity index (χ3v) is 5.00. The van der Waals surface area contributed by atoms with E-state index in [0.717, 1.165) is 55.3 Å². The minimum absolute atomic E-state index is 0.0548. The zero-order chi connectivity index (χ0) is 18.7. The molecule has 0 saturated heterocycles. The van der Waals surface area contributed by atoms with Gasteiger partial charge in [-0.25, -0.2) is 9.07 Å². The minimum atomic E-state index is -0.322. The van der Waals surface area contributed by atoms with Gasteiger partial charge < -0.3 is 11.1 Å². The van der Waals surface area contributed by atoms with Gasteiger partial charge in [0.1, 0.15) is 11.5 Å². The monoisotopic (exact) mass is 358 g/mol. The number of carbonyl (C=O) groups excluding carboxylic acids is 1. The van der Waals surface area contributed by atoms with Gasteiger partial charge in [-0.3, -0.25) is 4.79 Å². The number of rotatable bonds is 7. The van der Waals surface area contributed by atoms with Crippen LogP contribution in [0.2, 0.25) is 0 Å². The van der Waals surface area contributed by atoms with Crippen molar-refractivity contribution in [1.29, 1.82) is 0 Å². The molecule has 140 valence electrons. The van der Waals surface area contributed by atoms with Gasteiger partial charge in [-0.05, 0) is 50.3 Å². The fraction of sp³-hybridized carbons (Fsp3) is 0.500. The SMILES string of the molecule is CCCCC(CN)NC(=O)c1nn(-c2ccc(C)cc2F)c2c1CCC2. The van der Waals surface area contributed by atoms with Crippen LogP contribution < -0.4 is 11.1 Å². The van der Waals surface area contributed by atoms with Gasteiger partial charge in [-0.1, -0.05) is 25.8 Å². The van der Waals surface area contributed by atoms with E-state index in [9.17, 15) is 9.18 Å². The topological polar surface area (TPSA) is 72.9 Å². The lowest BCUT2D eigenvalue weighted by Crippen LogP contribution is -2.40. The number of aromatic nitrogens is 2. The average Bonchev–Trinajstić information content (AvgIpc) is 3.21. The quantitative estimate of drug-likeness (QED) is 0.799. The number of unbranched alkanes of at least 4 members (excludes halogenated alkanes) is 1. The van der Waals surface area contributed by atoms with E-state index in [0.29, 0.717) is 17.9 Å². The number of halogens is 1. The predicted octanol–water partition coefficient (Wildman–Crippen LogP) is 3.06. The number of amides is 1. The van der Waals surface area contributed by atoms with E-state index in [1.807, 2.05) is 13.0 Å². The van der Waals surface area contributed by atoms with E-state index >= 15 is 0 Å². The molecule has 2 aromatic rings. The minimum Gasteiger partial charge on any atom is -0.347 e. The lowest BCUT2D eigenvalue weighted by atomic mass is 10.1. The molecule has 0 fully saturated rings. The molecule has 1 aromatic heterocycles. The fourth-order valence-electron chi connectivity index (χ4n) is 3.56. The van der Waals surface area contributed by atoms with E-state index < -0.39 is 0 Å². The Hall–Kier alpha value is -2.21. The Labute approximate surface area is 153 Å². The first kappa shape index (κ1) is 18.6. The van der Waals surface area contributed by atoms with Gasteiger partial charge in [0.25, 0.3) is 5.91 Å². The van der Waals surface area contributed by atoms with Gasteiger partial charge in [0.05, 0.1) is 0 Å². The second kappa shape index (κ2) is 7.99. The van der Waals surface area contributed by atoms with Crippen molar-refractivity contribution in [2.75, 3.05) is 6.54 Å². The first-order valence-corrected chi connectivity index (χ1v) is 9.43. The van der Waals surface area contributed by atoms with Crippen LogP contribution in [0.15, 0.2) is 18.2 Å². The maximum Gasteiger partial charge on any atom is 0.272 e. The van der Waals surface area contributed by atoms with Crippen LogP contribution in [0.25, 0.3) is 5.69 Å². The number of nitrogens with one attached hydrogen (secondary N) is 1. The first-order valence-electron chi connectivity index (χ1n) is 9.43. The highest BCUT2D eigenvalue weighted by Crippen LogP contribution is 2.29. The molecule has 3 rings (SSSR count). The highest BCUT2D eigenvalue weighted by atomic mass is 19.1. The van der Waals surface area contributed by atoms with E-state index in [1.165, 1.54) is 6.07 Å². The van der Waals surface area contributed by atoms with Crippen molar-refractivity contribution in [3.8, 4) is 5.69 Å². The van der Waals surface area contributed by atoms with Crippen molar-refractivity contribution in [2.45, 2.75) is 58.4 Å². The number of carbonyl (C=O) groups is 1. The molecule has 0 radical (unpaired) electrons. The molecule has 1 aliphatic rings. The Balaban J connectivity index is 1.91. The summed E-state index contributed by atoms with van der Waals surface area (Å²) < 4.78 is 16.0. The van der Waals surface area contributed by atoms with Gasteiger partial charge in [0.15, 0.2) is 5.69 Å². The molecule has 1 heterocycles. The highest BCUT2D eigenvalue weighted by molar-refractivity contribution is 5.94. The number of hydrogen-bond donors (Lipinski definition) is 2. The zero-order valence-electron chi connectivity index (χ0n) is 15.5. The molecule has 0 aliphatic heterocycles. The van der Waals surface area contributed by atoms with Gasteiger partial charge >= 0.3 is 0 Å². The molecule has 1 unspecified atom stereocenters. The Bertz CT molecular complexity index is 799. The van der Waals surface area contributed by atoms with Gasteiger partial charge in [0.2, 0.25) is 0 Å². The summed E-state index contributed by atoms with van der Waals surface area (Å²) >= 11 is 0. The van der Waals surface area contributed by atoms with Gasteiger partial charge in [-0.15, -0.1) is 0 Å². The molecule has 6 heteroatoms. The predicted molar refractivity (Wildman–Crippen MR) is 100 cm³/mol. The van der Waals surface area contributed by atoms with E-state index in [1.54, 1.807) is 10.7 Å². The van der Waals surface area contributed by atoms with Crippen molar-refractivity contribution in [1.82, 2.24) is 15.1 Å². The number of aryl methyl sites for hydroxylation is 1. The standard InChI is InChI=1S/C20H27FN4O/c1-3-4-6-14(12-22)23-20(26)19-15-7-5-8-17(15)25(24-19)18-10-9-13(2)11-16(18)21/h9-11,14H,3-8,12,22H2,1-2H3,(H,23,26). The molecule has 0 spiro atoms. The Morgan fingerprint density at radius 2 is 2.23 bits per heavy atom. The van der Waals surface area contributed by atoms with Crippen LogP contribution in [0.3, 0.4) is 0 Å². The molecule has 1 aromatic carbocycles. The normalized spacial score (nSPS) is 14.3. The number of nitrogens with zero attached hydrogens (tertiary/aromatic N) is 2. The first-order chi connectivity index (χ1) is 12.5. The van der Waals surface area contributed by atoms with E-state index in [4.69, 9.17) is 5.73 Å². The second-order valence-corrected chi connectivity index (χ2v) is 7.04. The third-order valence-electron chi connectivity index (χ3n) is 5.00. The van der Waals surface area contributed by atoms with Crippen LogP contribution in [0.1, 0.15) is 59.9 Å². The Morgan fingerprint density at radius 3 is 2.92 bits per heavy atom. The molecule has 3 N–H and O–H groups in total. The van der Waals surface area contributed by atoms with Crippen molar-refractivity contribution in [3.63, 3.8) is 0 Å². The summed E-state index contributed by atoms with van der Waals surface area (Å²) in [6, 6.07) is 5.02. The fourth-order valence-corrected chi connectivity index (χ4v) is 3.56. The summed E-state index contributed by atoms with van der Waals surface area (Å²) in [6.07, 6.45) is 5.49. The Morgan fingerprint density at radius 1 is 1.42 bits per heavy atom. The van der Waals surface area contributed by atoms with Gasteiger partial charge in [0, 0.05) is 23.8 Å². The number of hydrogen-bond acceptors (Lipinski definition) is 3. The van der Waals surface area contributed by atoms with E-state index in [-0.39, 0.29) is 17.8 Å². The third kappa shape index (κ3) is 3.65. The second-order valence-electron chi connectivity index (χ2n) is 7.04. The van der Waals surface area contributed by atoms with Crippen LogP contribution in [0.4, 0.5) is 4.39 Å². The summed E-state index contributed by atoms with van der Waals surface area (Å²) in [6.45, 7) is 4.36. The number of benzene rings is 1. The molecule has 5 nitrogen and oxygen atoms in total. The lowest BCUT2D eigenvalue weighted by Gasteiger charge is -2.16. The van der Waals surface area contributed by atoms with Crippen molar-refractivity contribution < 1.29 is 9.18 Å². The zero-order valence-corrected chi connectivity index (χ0v) is 15.5. The number of nitrogens with two attached hydrogens (primary N) is 1. The molecular formula is C20H27FN4O. The summed E-state index contributed by atoms with van der Waals surface area (Å²) in [4.78, 5) is 12.8. The molecular weight excluding hydrogens is 331 g/mol. The van der Waals surface area contributed by atoms with Crippen LogP contribution in [0.5, 0.6) is 0 Å². The van der Waals surface area contributed by atoms with Crippen molar-refractivity contribution >= 4 is 5.91 Å². The van der Waals surface area contributed by atoms with Crippen LogP contribution in [-0.4, -0.2) is 28.3 Å². The van der Waals surface area contributed by atoms with Crippen LogP contribution in [-0.2, 0) is 12.8 Å². The van der Waals surface area contributed by atoms with Crippen LogP contribution in [0, 0.1) is 12.7 Å². The molecule has 1 atom stereocenters. The average molecular weight is 358 g/mol. The summed E-state index contributed by atoms with van der Waals surface area (Å²) in [5, 5.41) is 7.49. The van der Waals surface area contributed by atoms with E-state index in [2.05, 4.69) is 17.3 Å². The number of fused-ring (bicyclic) bond motifs is 1. The highest BCUT2D eigenvalue weighted by Gasteiger charge is 2.28. The van der Waals surface area contributed by atoms with Crippen molar-refractivity contribution in [2.24, 2.45) is 5.73 Å². The van der Waals surface area contributed by atoms with Crippen molar-refractivity contribution in [3.05, 3.63) is 46.5 Å².